The lowest BCUT2D eigenvalue weighted by Crippen LogP contribution is -1.94. The van der Waals surface area contributed by atoms with Crippen LogP contribution in [0.3, 0.4) is 0 Å². The van der Waals surface area contributed by atoms with Gasteiger partial charge in [0, 0.05) is 4.90 Å². The molecular formula is C16H14O2S. The van der Waals surface area contributed by atoms with Crippen molar-refractivity contribution in [1.82, 2.24) is 0 Å². The van der Waals surface area contributed by atoms with Gasteiger partial charge in [0.05, 0.1) is 5.56 Å². The Hall–Kier alpha value is -2.00. The highest BCUT2D eigenvalue weighted by Crippen LogP contribution is 2.21. The minimum Gasteiger partial charge on any atom is -0.478 e. The second-order valence-corrected chi connectivity index (χ2v) is 4.85. The first-order valence-corrected chi connectivity index (χ1v) is 7.07. The highest BCUT2D eigenvalue weighted by atomic mass is 32.2. The van der Waals surface area contributed by atoms with E-state index in [0.29, 0.717) is 5.56 Å². The molecule has 0 saturated heterocycles. The maximum atomic E-state index is 10.8. The quantitative estimate of drug-likeness (QED) is 0.665. The number of carboxylic acid groups (broad SMARTS) is 1. The van der Waals surface area contributed by atoms with E-state index in [1.165, 1.54) is 4.90 Å². The van der Waals surface area contributed by atoms with Gasteiger partial charge in [-0.15, -0.1) is 11.8 Å². The van der Waals surface area contributed by atoms with Crippen LogP contribution in [0.15, 0.2) is 53.4 Å². The maximum absolute atomic E-state index is 10.8. The number of carboxylic acids is 1. The fourth-order valence-electron chi connectivity index (χ4n) is 1.73. The molecule has 2 rings (SSSR count). The third-order valence-electron chi connectivity index (χ3n) is 2.75. The Bertz CT molecular complexity index is 600. The predicted octanol–water partition coefficient (Wildman–Crippen LogP) is 4.28. The molecule has 0 fully saturated rings. The molecule has 2 aromatic carbocycles. The van der Waals surface area contributed by atoms with Crippen molar-refractivity contribution in [2.75, 3.05) is 6.26 Å². The van der Waals surface area contributed by atoms with Crippen LogP contribution >= 0.6 is 11.8 Å². The van der Waals surface area contributed by atoms with Gasteiger partial charge in [-0.1, -0.05) is 42.5 Å². The van der Waals surface area contributed by atoms with Crippen LogP contribution in [0.1, 0.15) is 21.5 Å². The van der Waals surface area contributed by atoms with Gasteiger partial charge in [-0.3, -0.25) is 0 Å². The average molecular weight is 270 g/mol. The summed E-state index contributed by atoms with van der Waals surface area (Å²) in [7, 11) is 0. The third kappa shape index (κ3) is 3.48. The Morgan fingerprint density at radius 2 is 1.74 bits per heavy atom. The van der Waals surface area contributed by atoms with Crippen molar-refractivity contribution in [2.45, 2.75) is 4.90 Å². The summed E-state index contributed by atoms with van der Waals surface area (Å²) >= 11 is 1.71. The summed E-state index contributed by atoms with van der Waals surface area (Å²) in [6, 6.07) is 15.0. The number of carbonyl (C=O) groups is 1. The molecule has 0 spiro atoms. The maximum Gasteiger partial charge on any atom is 0.335 e. The van der Waals surface area contributed by atoms with Gasteiger partial charge in [-0.25, -0.2) is 4.79 Å². The van der Waals surface area contributed by atoms with Crippen LogP contribution in [0.5, 0.6) is 0 Å². The molecule has 0 aliphatic heterocycles. The van der Waals surface area contributed by atoms with E-state index in [1.807, 2.05) is 42.7 Å². The number of hydrogen-bond acceptors (Lipinski definition) is 2. The fraction of sp³-hybridized carbons (Fsp3) is 0.0625. The molecular weight excluding hydrogens is 256 g/mol. The minimum atomic E-state index is -0.900. The zero-order valence-corrected chi connectivity index (χ0v) is 11.4. The van der Waals surface area contributed by atoms with Gasteiger partial charge in [-0.2, -0.15) is 0 Å². The van der Waals surface area contributed by atoms with Crippen LogP contribution in [0.2, 0.25) is 0 Å². The normalized spacial score (nSPS) is 10.8. The zero-order valence-electron chi connectivity index (χ0n) is 10.5. The molecule has 19 heavy (non-hydrogen) atoms. The Morgan fingerprint density at radius 1 is 1.05 bits per heavy atom. The van der Waals surface area contributed by atoms with Crippen molar-refractivity contribution in [1.29, 1.82) is 0 Å². The average Bonchev–Trinajstić information content (AvgIpc) is 2.45. The standard InChI is InChI=1S/C16H14O2S/c1-19-15-5-3-2-4-13(15)9-6-12-7-10-14(11-8-12)16(17)18/h2-11H,1H3,(H,17,18)/b9-6+. The number of rotatable bonds is 4. The summed E-state index contributed by atoms with van der Waals surface area (Å²) in [5, 5.41) is 8.83. The van der Waals surface area contributed by atoms with Crippen molar-refractivity contribution < 1.29 is 9.90 Å². The number of thioether (sulfide) groups is 1. The number of aromatic carboxylic acids is 1. The van der Waals surface area contributed by atoms with Gasteiger partial charge in [0.2, 0.25) is 0 Å². The molecule has 0 saturated carbocycles. The van der Waals surface area contributed by atoms with Crippen LogP contribution in [0, 0.1) is 0 Å². The molecule has 1 N–H and O–H groups in total. The van der Waals surface area contributed by atoms with E-state index >= 15 is 0 Å². The van der Waals surface area contributed by atoms with Crippen molar-refractivity contribution in [3.05, 3.63) is 65.2 Å². The minimum absolute atomic E-state index is 0.307. The molecule has 0 bridgehead atoms. The molecule has 2 aromatic rings. The topological polar surface area (TPSA) is 37.3 Å². The Morgan fingerprint density at radius 3 is 2.37 bits per heavy atom. The van der Waals surface area contributed by atoms with Crippen molar-refractivity contribution >= 4 is 29.9 Å². The molecule has 0 aromatic heterocycles. The summed E-state index contributed by atoms with van der Waals surface area (Å²) in [6.45, 7) is 0. The van der Waals surface area contributed by atoms with E-state index in [9.17, 15) is 4.79 Å². The molecule has 0 amide bonds. The van der Waals surface area contributed by atoms with Gasteiger partial charge >= 0.3 is 5.97 Å². The summed E-state index contributed by atoms with van der Waals surface area (Å²) in [5.74, 6) is -0.900. The second kappa shape index (κ2) is 6.25. The van der Waals surface area contributed by atoms with E-state index < -0.39 is 5.97 Å². The monoisotopic (exact) mass is 270 g/mol. The summed E-state index contributed by atoms with van der Waals surface area (Å²) in [6.07, 6.45) is 6.08. The molecule has 0 atom stereocenters. The van der Waals surface area contributed by atoms with E-state index in [1.54, 1.807) is 23.9 Å². The second-order valence-electron chi connectivity index (χ2n) is 4.00. The molecule has 0 aliphatic carbocycles. The fourth-order valence-corrected chi connectivity index (χ4v) is 2.31. The molecule has 3 heteroatoms. The van der Waals surface area contributed by atoms with E-state index in [0.717, 1.165) is 11.1 Å². The van der Waals surface area contributed by atoms with Crippen LogP contribution in [0.4, 0.5) is 0 Å². The van der Waals surface area contributed by atoms with Crippen LogP contribution in [-0.4, -0.2) is 17.3 Å². The van der Waals surface area contributed by atoms with Crippen molar-refractivity contribution in [3.63, 3.8) is 0 Å². The van der Waals surface area contributed by atoms with Crippen LogP contribution in [-0.2, 0) is 0 Å². The lowest BCUT2D eigenvalue weighted by molar-refractivity contribution is 0.0697. The van der Waals surface area contributed by atoms with Gasteiger partial charge in [0.25, 0.3) is 0 Å². The Balaban J connectivity index is 2.20. The number of benzene rings is 2. The van der Waals surface area contributed by atoms with Gasteiger partial charge in [0.1, 0.15) is 0 Å². The molecule has 96 valence electrons. The largest absolute Gasteiger partial charge is 0.478 e. The Labute approximate surface area is 116 Å². The predicted molar refractivity (Wildman–Crippen MR) is 80.6 cm³/mol. The first kappa shape index (κ1) is 13.4. The number of hydrogen-bond donors (Lipinski definition) is 1. The lowest BCUT2D eigenvalue weighted by Gasteiger charge is -2.01. The molecule has 0 aliphatic rings. The smallest absolute Gasteiger partial charge is 0.335 e. The summed E-state index contributed by atoms with van der Waals surface area (Å²) in [4.78, 5) is 12.0. The van der Waals surface area contributed by atoms with Gasteiger partial charge < -0.3 is 5.11 Å². The van der Waals surface area contributed by atoms with Gasteiger partial charge in [0.15, 0.2) is 0 Å². The SMILES string of the molecule is CSc1ccccc1/C=C/c1ccc(C(=O)O)cc1. The first-order chi connectivity index (χ1) is 9.20. The van der Waals surface area contributed by atoms with Gasteiger partial charge in [-0.05, 0) is 35.6 Å². The molecule has 0 unspecified atom stereocenters. The summed E-state index contributed by atoms with van der Waals surface area (Å²) < 4.78 is 0. The zero-order chi connectivity index (χ0) is 13.7. The summed E-state index contributed by atoms with van der Waals surface area (Å²) in [5.41, 5.74) is 2.46. The lowest BCUT2D eigenvalue weighted by atomic mass is 10.1. The molecule has 2 nitrogen and oxygen atoms in total. The van der Waals surface area contributed by atoms with E-state index in [4.69, 9.17) is 5.11 Å². The molecule has 0 heterocycles. The van der Waals surface area contributed by atoms with E-state index in [-0.39, 0.29) is 0 Å². The third-order valence-corrected chi connectivity index (χ3v) is 3.56. The highest BCUT2D eigenvalue weighted by molar-refractivity contribution is 7.98. The first-order valence-electron chi connectivity index (χ1n) is 5.85. The highest BCUT2D eigenvalue weighted by Gasteiger charge is 2.00. The Kier molecular flexibility index (Phi) is 4.42. The van der Waals surface area contributed by atoms with Crippen LogP contribution < -0.4 is 0 Å². The van der Waals surface area contributed by atoms with Crippen LogP contribution in [0.25, 0.3) is 12.2 Å². The van der Waals surface area contributed by atoms with Crippen molar-refractivity contribution in [2.24, 2.45) is 0 Å². The van der Waals surface area contributed by atoms with Crippen molar-refractivity contribution in [3.8, 4) is 0 Å². The molecule has 0 radical (unpaired) electrons. The van der Waals surface area contributed by atoms with E-state index in [2.05, 4.69) is 12.1 Å².